The van der Waals surface area contributed by atoms with Crippen molar-refractivity contribution in [2.75, 3.05) is 0 Å². The van der Waals surface area contributed by atoms with E-state index >= 15 is 0 Å². The maximum atomic E-state index is 2.52. The number of fused-ring (bicyclic) bond motifs is 17. The van der Waals surface area contributed by atoms with Gasteiger partial charge in [-0.2, -0.15) is 0 Å². The van der Waals surface area contributed by atoms with Crippen molar-refractivity contribution in [2.24, 2.45) is 0 Å². The zero-order chi connectivity index (χ0) is 41.2. The Kier molecular flexibility index (Phi) is 7.11. The summed E-state index contributed by atoms with van der Waals surface area (Å²) in [7, 11) is 0. The van der Waals surface area contributed by atoms with Gasteiger partial charge in [0.15, 0.2) is 0 Å². The SMILES string of the molecule is c1ccc2c(c1)-c1ccccc1-c1cccc(-n3c4ccccc4c4cc(-n5c6ccccc6c6ccccc65)ccc43)c1-c1cc(-n3c4ccccc4c4ccccc43)ccc1-2. The van der Waals surface area contributed by atoms with Crippen molar-refractivity contribution in [1.82, 2.24) is 13.7 Å². The lowest BCUT2D eigenvalue weighted by Crippen LogP contribution is -2.04. The fourth-order valence-corrected chi connectivity index (χ4v) is 11.0. The summed E-state index contributed by atoms with van der Waals surface area (Å²) in [5.41, 5.74) is 20.4. The zero-order valence-corrected chi connectivity index (χ0v) is 34.2. The summed E-state index contributed by atoms with van der Waals surface area (Å²) in [6, 6.07) is 83.1. The predicted molar refractivity (Wildman–Crippen MR) is 265 cm³/mol. The van der Waals surface area contributed by atoms with Crippen LogP contribution in [0.3, 0.4) is 0 Å². The molecule has 3 heterocycles. The molecule has 0 atom stereocenters. The Morgan fingerprint density at radius 1 is 0.206 bits per heavy atom. The Hall–Kier alpha value is -8.40. The third-order valence-electron chi connectivity index (χ3n) is 13.6. The van der Waals surface area contributed by atoms with Gasteiger partial charge in [0.2, 0.25) is 0 Å². The summed E-state index contributed by atoms with van der Waals surface area (Å²) in [5, 5.41) is 7.48. The van der Waals surface area contributed by atoms with E-state index in [9.17, 15) is 0 Å². The lowest BCUT2D eigenvalue weighted by Gasteiger charge is -2.26. The van der Waals surface area contributed by atoms with Gasteiger partial charge in [-0.25, -0.2) is 0 Å². The van der Waals surface area contributed by atoms with E-state index in [2.05, 4.69) is 238 Å². The fourth-order valence-electron chi connectivity index (χ4n) is 11.0. The number of para-hydroxylation sites is 5. The molecule has 0 fully saturated rings. The lowest BCUT2D eigenvalue weighted by atomic mass is 9.80. The van der Waals surface area contributed by atoms with E-state index < -0.39 is 0 Å². The Morgan fingerprint density at radius 3 is 1.06 bits per heavy atom. The number of hydrogen-bond donors (Lipinski definition) is 0. The van der Waals surface area contributed by atoms with Gasteiger partial charge < -0.3 is 13.7 Å². The molecule has 3 nitrogen and oxygen atoms in total. The summed E-state index contributed by atoms with van der Waals surface area (Å²) in [6.07, 6.45) is 0. The molecule has 1 aliphatic rings. The van der Waals surface area contributed by atoms with Crippen LogP contribution in [0, 0.1) is 0 Å². The van der Waals surface area contributed by atoms with Crippen LogP contribution in [-0.4, -0.2) is 13.7 Å². The van der Waals surface area contributed by atoms with Crippen molar-refractivity contribution in [3.8, 4) is 61.6 Å². The second-order valence-electron chi connectivity index (χ2n) is 16.8. The maximum Gasteiger partial charge on any atom is 0.0547 e. The fraction of sp³-hybridized carbons (Fsp3) is 0. The first-order valence-corrected chi connectivity index (χ1v) is 21.8. The van der Waals surface area contributed by atoms with Crippen LogP contribution in [-0.2, 0) is 0 Å². The first kappa shape index (κ1) is 34.3. The van der Waals surface area contributed by atoms with Gasteiger partial charge in [-0.05, 0) is 106 Å². The van der Waals surface area contributed by atoms with E-state index in [0.29, 0.717) is 0 Å². The molecule has 0 radical (unpaired) electrons. The molecule has 13 aromatic rings. The van der Waals surface area contributed by atoms with Crippen molar-refractivity contribution >= 4 is 65.4 Å². The lowest BCUT2D eigenvalue weighted by molar-refractivity contribution is 1.16. The standard InChI is InChI=1S/C60H37N3/c1-2-18-42-40(16-1)41-17-3-4-19-43(41)50-25-15-31-59(60(50)52-37-38(32-34-44(42)52)61-53-26-10-5-20-45(53)46-21-6-11-27-54(46)61)63-57-30-14-9-24-49(57)51-36-39(33-35-58(51)63)62-55-28-12-7-22-47(55)48-23-8-13-29-56(48)62/h1-37H. The molecule has 3 aromatic heterocycles. The van der Waals surface area contributed by atoms with Gasteiger partial charge in [-0.1, -0.05) is 158 Å². The van der Waals surface area contributed by atoms with E-state index in [1.54, 1.807) is 0 Å². The highest BCUT2D eigenvalue weighted by Crippen LogP contribution is 2.51. The van der Waals surface area contributed by atoms with Gasteiger partial charge in [0.05, 0.1) is 38.8 Å². The molecule has 10 aromatic carbocycles. The highest BCUT2D eigenvalue weighted by Gasteiger charge is 2.27. The number of nitrogens with zero attached hydrogens (tertiary/aromatic N) is 3. The van der Waals surface area contributed by atoms with E-state index in [0.717, 1.165) is 17.1 Å². The van der Waals surface area contributed by atoms with Gasteiger partial charge in [-0.15, -0.1) is 0 Å². The van der Waals surface area contributed by atoms with Crippen LogP contribution < -0.4 is 0 Å². The predicted octanol–water partition coefficient (Wildman–Crippen LogP) is 16.0. The molecular formula is C60H37N3. The number of aromatic nitrogens is 3. The van der Waals surface area contributed by atoms with Gasteiger partial charge >= 0.3 is 0 Å². The molecule has 0 unspecified atom stereocenters. The largest absolute Gasteiger partial charge is 0.309 e. The monoisotopic (exact) mass is 799 g/mol. The molecule has 14 rings (SSSR count). The Morgan fingerprint density at radius 2 is 0.556 bits per heavy atom. The van der Waals surface area contributed by atoms with Crippen molar-refractivity contribution < 1.29 is 0 Å². The van der Waals surface area contributed by atoms with Crippen LogP contribution >= 0.6 is 0 Å². The summed E-state index contributed by atoms with van der Waals surface area (Å²) in [5.74, 6) is 0. The molecule has 0 saturated heterocycles. The van der Waals surface area contributed by atoms with Crippen molar-refractivity contribution in [3.63, 3.8) is 0 Å². The molecule has 0 saturated carbocycles. The topological polar surface area (TPSA) is 14.8 Å². The van der Waals surface area contributed by atoms with Gasteiger partial charge in [0.1, 0.15) is 0 Å². The Balaban J connectivity index is 1.09. The van der Waals surface area contributed by atoms with Crippen LogP contribution in [0.4, 0.5) is 0 Å². The maximum absolute atomic E-state index is 2.52. The third-order valence-corrected chi connectivity index (χ3v) is 13.6. The Labute approximate surface area is 363 Å². The van der Waals surface area contributed by atoms with Gasteiger partial charge in [-0.3, -0.25) is 0 Å². The molecule has 3 heteroatoms. The molecule has 1 aliphatic carbocycles. The molecule has 0 aliphatic heterocycles. The smallest absolute Gasteiger partial charge is 0.0547 e. The van der Waals surface area contributed by atoms with E-state index in [4.69, 9.17) is 0 Å². The van der Waals surface area contributed by atoms with Crippen molar-refractivity contribution in [2.45, 2.75) is 0 Å². The minimum Gasteiger partial charge on any atom is -0.309 e. The number of hydrogen-bond acceptors (Lipinski definition) is 0. The summed E-state index contributed by atoms with van der Waals surface area (Å²) < 4.78 is 7.39. The number of rotatable bonds is 3. The minimum absolute atomic E-state index is 1.14. The molecule has 0 spiro atoms. The second kappa shape index (κ2) is 13.1. The van der Waals surface area contributed by atoms with Gasteiger partial charge in [0.25, 0.3) is 0 Å². The summed E-state index contributed by atoms with van der Waals surface area (Å²) in [6.45, 7) is 0. The minimum atomic E-state index is 1.14. The highest BCUT2D eigenvalue weighted by atomic mass is 15.0. The van der Waals surface area contributed by atoms with Crippen molar-refractivity contribution in [3.05, 3.63) is 224 Å². The second-order valence-corrected chi connectivity index (χ2v) is 16.8. The third kappa shape index (κ3) is 4.79. The van der Waals surface area contributed by atoms with Crippen LogP contribution in [0.1, 0.15) is 0 Å². The highest BCUT2D eigenvalue weighted by molar-refractivity contribution is 6.14. The molecule has 0 bridgehead atoms. The van der Waals surface area contributed by atoms with Crippen molar-refractivity contribution in [1.29, 1.82) is 0 Å². The molecule has 63 heavy (non-hydrogen) atoms. The van der Waals surface area contributed by atoms with E-state index in [1.807, 2.05) is 0 Å². The van der Waals surface area contributed by atoms with Gasteiger partial charge in [0, 0.05) is 49.3 Å². The molecule has 0 amide bonds. The Bertz CT molecular complexity index is 3930. The first-order valence-electron chi connectivity index (χ1n) is 21.8. The number of benzene rings is 10. The average Bonchev–Trinajstić information content (AvgIpc) is 3.99. The normalized spacial score (nSPS) is 12.1. The molecule has 0 N–H and O–H groups in total. The van der Waals surface area contributed by atoms with Crippen LogP contribution in [0.5, 0.6) is 0 Å². The average molecular weight is 800 g/mol. The molecule has 292 valence electrons. The summed E-state index contributed by atoms with van der Waals surface area (Å²) >= 11 is 0. The van der Waals surface area contributed by atoms with Crippen LogP contribution in [0.2, 0.25) is 0 Å². The molecular weight excluding hydrogens is 763 g/mol. The van der Waals surface area contributed by atoms with E-state index in [1.165, 1.54) is 110 Å². The summed E-state index contributed by atoms with van der Waals surface area (Å²) in [4.78, 5) is 0. The van der Waals surface area contributed by atoms with Crippen LogP contribution in [0.25, 0.3) is 127 Å². The van der Waals surface area contributed by atoms with E-state index in [-0.39, 0.29) is 0 Å². The quantitative estimate of drug-likeness (QED) is 0.169. The first-order chi connectivity index (χ1) is 31.3. The van der Waals surface area contributed by atoms with Crippen LogP contribution in [0.15, 0.2) is 224 Å². The zero-order valence-electron chi connectivity index (χ0n) is 34.2.